The summed E-state index contributed by atoms with van der Waals surface area (Å²) in [5.74, 6) is 0.317. The molecular weight excluding hydrogens is 714 g/mol. The van der Waals surface area contributed by atoms with E-state index in [0.29, 0.717) is 18.0 Å². The Bertz CT molecular complexity index is 1930. The molecule has 5 aromatic carbocycles. The van der Waals surface area contributed by atoms with Gasteiger partial charge in [0.15, 0.2) is 0 Å². The van der Waals surface area contributed by atoms with E-state index in [2.05, 4.69) is 21.2 Å². The van der Waals surface area contributed by atoms with Crippen molar-refractivity contribution in [3.8, 4) is 11.5 Å². The minimum Gasteiger partial charge on any atom is -0.457 e. The normalized spacial score (nSPS) is 11.7. The van der Waals surface area contributed by atoms with Gasteiger partial charge in [-0.05, 0) is 78.2 Å². The fraction of sp³-hybridized carbons (Fsp3) is 0.200. The molecule has 0 heterocycles. The fourth-order valence-electron chi connectivity index (χ4n) is 5.40. The second kappa shape index (κ2) is 17.6. The highest BCUT2D eigenvalue weighted by molar-refractivity contribution is 9.10. The number of benzene rings is 5. The number of unbranched alkanes of at least 4 members (excludes halogenated alkanes) is 1. The molecule has 0 radical (unpaired) electrons. The van der Waals surface area contributed by atoms with Gasteiger partial charge in [-0.25, -0.2) is 8.42 Å². The quantitative estimate of drug-likeness (QED) is 0.103. The molecule has 0 unspecified atom stereocenters. The largest absolute Gasteiger partial charge is 0.457 e. The number of para-hydroxylation sites is 1. The molecule has 0 saturated heterocycles. The van der Waals surface area contributed by atoms with Crippen molar-refractivity contribution in [3.63, 3.8) is 0 Å². The van der Waals surface area contributed by atoms with Crippen LogP contribution in [0, 0.1) is 0 Å². The molecule has 1 N–H and O–H groups in total. The summed E-state index contributed by atoms with van der Waals surface area (Å²) in [6.07, 6.45) is 1.93. The molecule has 0 aliphatic heterocycles. The molecule has 258 valence electrons. The van der Waals surface area contributed by atoms with Crippen LogP contribution in [0.4, 0.5) is 5.69 Å². The van der Waals surface area contributed by atoms with Crippen LogP contribution in [0.3, 0.4) is 0 Å². The first kappa shape index (κ1) is 36.4. The van der Waals surface area contributed by atoms with Crippen LogP contribution in [0.15, 0.2) is 149 Å². The molecule has 8 nitrogen and oxygen atoms in total. The first-order valence-electron chi connectivity index (χ1n) is 16.5. The summed E-state index contributed by atoms with van der Waals surface area (Å²) in [5.41, 5.74) is 1.94. The number of nitrogens with one attached hydrogen (secondary N) is 1. The fourth-order valence-corrected chi connectivity index (χ4v) is 7.10. The van der Waals surface area contributed by atoms with Gasteiger partial charge in [0.25, 0.3) is 10.0 Å². The highest BCUT2D eigenvalue weighted by Gasteiger charge is 2.34. The van der Waals surface area contributed by atoms with E-state index in [1.807, 2.05) is 91.9 Å². The van der Waals surface area contributed by atoms with Crippen LogP contribution in [0.25, 0.3) is 0 Å². The summed E-state index contributed by atoms with van der Waals surface area (Å²) >= 11 is 3.47. The van der Waals surface area contributed by atoms with E-state index < -0.39 is 28.5 Å². The summed E-state index contributed by atoms with van der Waals surface area (Å²) < 4.78 is 36.5. The van der Waals surface area contributed by atoms with Crippen LogP contribution in [-0.4, -0.2) is 44.3 Å². The Kier molecular flexibility index (Phi) is 12.8. The summed E-state index contributed by atoms with van der Waals surface area (Å²) in [7, 11) is -4.22. The molecule has 0 bridgehead atoms. The van der Waals surface area contributed by atoms with E-state index in [1.165, 1.54) is 17.0 Å². The van der Waals surface area contributed by atoms with Gasteiger partial charge in [-0.3, -0.25) is 13.9 Å². The second-order valence-corrected chi connectivity index (χ2v) is 14.5. The standard InChI is InChI=1S/C40H40BrN3O5S/c1-2-3-27-42-40(46)38(28-31-13-7-4-8-14-31)43(29-32-19-21-33(41)22-20-32)39(45)30-44(50(47,48)37-17-11-6-12-18-37)34-23-25-36(26-24-34)49-35-15-9-5-10-16-35/h4-26,38H,2-3,27-30H2,1H3,(H,42,46)/t38-/m0/s1. The molecule has 0 aromatic heterocycles. The monoisotopic (exact) mass is 753 g/mol. The summed E-state index contributed by atoms with van der Waals surface area (Å²) in [6.45, 7) is 2.06. The number of hydrogen-bond donors (Lipinski definition) is 1. The highest BCUT2D eigenvalue weighted by atomic mass is 79.9. The van der Waals surface area contributed by atoms with Gasteiger partial charge in [-0.2, -0.15) is 0 Å². The zero-order chi connectivity index (χ0) is 35.3. The average Bonchev–Trinajstić information content (AvgIpc) is 3.14. The minimum atomic E-state index is -4.22. The van der Waals surface area contributed by atoms with Gasteiger partial charge < -0.3 is 15.0 Å². The number of carbonyl (C=O) groups excluding carboxylic acids is 2. The predicted molar refractivity (Wildman–Crippen MR) is 200 cm³/mol. The number of sulfonamides is 1. The number of carbonyl (C=O) groups is 2. The van der Waals surface area contributed by atoms with E-state index in [1.54, 1.807) is 42.5 Å². The molecule has 1 atom stereocenters. The number of rotatable bonds is 16. The first-order chi connectivity index (χ1) is 24.2. The van der Waals surface area contributed by atoms with Gasteiger partial charge in [0.1, 0.15) is 24.1 Å². The average molecular weight is 755 g/mol. The van der Waals surface area contributed by atoms with Crippen molar-refractivity contribution < 1.29 is 22.7 Å². The molecule has 2 amide bonds. The summed E-state index contributed by atoms with van der Waals surface area (Å²) in [4.78, 5) is 30.1. The maximum absolute atomic E-state index is 14.7. The molecule has 10 heteroatoms. The van der Waals surface area contributed by atoms with Gasteiger partial charge in [0.2, 0.25) is 11.8 Å². The van der Waals surface area contributed by atoms with Crippen molar-refractivity contribution in [1.29, 1.82) is 0 Å². The number of hydrogen-bond acceptors (Lipinski definition) is 5. The number of nitrogens with zero attached hydrogens (tertiary/aromatic N) is 2. The molecular formula is C40H40BrN3O5S. The lowest BCUT2D eigenvalue weighted by Gasteiger charge is -2.34. The third kappa shape index (κ3) is 9.83. The number of anilines is 1. The van der Waals surface area contributed by atoms with E-state index in [-0.39, 0.29) is 29.5 Å². The lowest BCUT2D eigenvalue weighted by atomic mass is 10.0. The lowest BCUT2D eigenvalue weighted by molar-refractivity contribution is -0.140. The van der Waals surface area contributed by atoms with E-state index in [9.17, 15) is 18.0 Å². The molecule has 5 aromatic rings. The number of ether oxygens (including phenoxy) is 1. The van der Waals surface area contributed by atoms with Crippen LogP contribution in [0.5, 0.6) is 11.5 Å². The van der Waals surface area contributed by atoms with Gasteiger partial charge in [-0.1, -0.05) is 108 Å². The smallest absolute Gasteiger partial charge is 0.264 e. The van der Waals surface area contributed by atoms with Gasteiger partial charge in [-0.15, -0.1) is 0 Å². The maximum Gasteiger partial charge on any atom is 0.264 e. The highest BCUT2D eigenvalue weighted by Crippen LogP contribution is 2.29. The van der Waals surface area contributed by atoms with Gasteiger partial charge >= 0.3 is 0 Å². The number of amides is 2. The second-order valence-electron chi connectivity index (χ2n) is 11.7. The van der Waals surface area contributed by atoms with Crippen molar-refractivity contribution in [1.82, 2.24) is 10.2 Å². The molecule has 0 saturated carbocycles. The summed E-state index contributed by atoms with van der Waals surface area (Å²) in [6, 6.07) is 39.9. The molecule has 5 rings (SSSR count). The molecule has 0 aliphatic carbocycles. The zero-order valence-corrected chi connectivity index (χ0v) is 30.2. The molecule has 0 aliphatic rings. The Labute approximate surface area is 302 Å². The molecule has 0 fully saturated rings. The molecule has 0 spiro atoms. The van der Waals surface area contributed by atoms with Crippen molar-refractivity contribution in [2.45, 2.75) is 43.7 Å². The zero-order valence-electron chi connectivity index (χ0n) is 27.8. The van der Waals surface area contributed by atoms with Gasteiger partial charge in [0.05, 0.1) is 10.6 Å². The van der Waals surface area contributed by atoms with Crippen LogP contribution in [0.1, 0.15) is 30.9 Å². The van der Waals surface area contributed by atoms with E-state index >= 15 is 0 Å². The predicted octanol–water partition coefficient (Wildman–Crippen LogP) is 7.99. The third-order valence-electron chi connectivity index (χ3n) is 8.08. The third-order valence-corrected chi connectivity index (χ3v) is 10.4. The Balaban J connectivity index is 1.53. The van der Waals surface area contributed by atoms with Crippen LogP contribution in [-0.2, 0) is 32.6 Å². The Morgan fingerprint density at radius 2 is 1.32 bits per heavy atom. The Morgan fingerprint density at radius 1 is 0.740 bits per heavy atom. The van der Waals surface area contributed by atoms with Crippen molar-refractivity contribution in [3.05, 3.63) is 155 Å². The number of halogens is 1. The lowest BCUT2D eigenvalue weighted by Crippen LogP contribution is -2.53. The maximum atomic E-state index is 14.7. The van der Waals surface area contributed by atoms with Crippen LogP contribution >= 0.6 is 15.9 Å². The van der Waals surface area contributed by atoms with Crippen LogP contribution < -0.4 is 14.4 Å². The van der Waals surface area contributed by atoms with Gasteiger partial charge in [0, 0.05) is 24.0 Å². The minimum absolute atomic E-state index is 0.0371. The Morgan fingerprint density at radius 3 is 1.94 bits per heavy atom. The van der Waals surface area contributed by atoms with E-state index in [0.717, 1.165) is 32.7 Å². The first-order valence-corrected chi connectivity index (χ1v) is 18.7. The topological polar surface area (TPSA) is 96.0 Å². The van der Waals surface area contributed by atoms with Crippen molar-refractivity contribution >= 4 is 43.5 Å². The Hall–Kier alpha value is -4.93. The summed E-state index contributed by atoms with van der Waals surface area (Å²) in [5, 5.41) is 3.02. The van der Waals surface area contributed by atoms with Crippen molar-refractivity contribution in [2.24, 2.45) is 0 Å². The van der Waals surface area contributed by atoms with E-state index in [4.69, 9.17) is 4.74 Å². The van der Waals surface area contributed by atoms with Crippen LogP contribution in [0.2, 0.25) is 0 Å². The molecule has 50 heavy (non-hydrogen) atoms. The SMILES string of the molecule is CCCCNC(=O)[C@H](Cc1ccccc1)N(Cc1ccc(Br)cc1)C(=O)CN(c1ccc(Oc2ccccc2)cc1)S(=O)(=O)c1ccccc1. The van der Waals surface area contributed by atoms with Crippen molar-refractivity contribution in [2.75, 3.05) is 17.4 Å².